The Morgan fingerprint density at radius 3 is 2.93 bits per heavy atom. The molecule has 2 rings (SSSR count). The molecule has 0 aromatic rings. The van der Waals surface area contributed by atoms with E-state index in [1.807, 2.05) is 0 Å². The van der Waals surface area contributed by atoms with Gasteiger partial charge in [0.15, 0.2) is 0 Å². The smallest absolute Gasteiger partial charge is 0.0646 e. The van der Waals surface area contributed by atoms with E-state index in [1.54, 1.807) is 0 Å². The van der Waals surface area contributed by atoms with Gasteiger partial charge in [0.1, 0.15) is 0 Å². The molecule has 1 saturated heterocycles. The molecule has 3 atom stereocenters. The molecule has 0 aromatic heterocycles. The SMILES string of the molecule is CCC1CCCC(NC2(C)CCOC2)C1. The van der Waals surface area contributed by atoms with Crippen LogP contribution in [0.25, 0.3) is 0 Å². The zero-order valence-corrected chi connectivity index (χ0v) is 10.2. The summed E-state index contributed by atoms with van der Waals surface area (Å²) in [6.07, 6.45) is 8.14. The lowest BCUT2D eigenvalue weighted by Gasteiger charge is -2.35. The van der Waals surface area contributed by atoms with E-state index >= 15 is 0 Å². The van der Waals surface area contributed by atoms with E-state index in [0.29, 0.717) is 0 Å². The summed E-state index contributed by atoms with van der Waals surface area (Å²) in [7, 11) is 0. The van der Waals surface area contributed by atoms with Gasteiger partial charge in [0.2, 0.25) is 0 Å². The van der Waals surface area contributed by atoms with Crippen LogP contribution in [0.15, 0.2) is 0 Å². The van der Waals surface area contributed by atoms with Crippen LogP contribution in [0.1, 0.15) is 52.4 Å². The van der Waals surface area contributed by atoms with Crippen LogP contribution in [-0.2, 0) is 4.74 Å². The lowest BCUT2D eigenvalue weighted by Crippen LogP contribution is -2.50. The molecule has 0 aromatic carbocycles. The third kappa shape index (κ3) is 2.94. The highest BCUT2D eigenvalue weighted by atomic mass is 16.5. The average molecular weight is 211 g/mol. The van der Waals surface area contributed by atoms with Gasteiger partial charge >= 0.3 is 0 Å². The van der Waals surface area contributed by atoms with Gasteiger partial charge in [0.05, 0.1) is 6.61 Å². The summed E-state index contributed by atoms with van der Waals surface area (Å²) in [6, 6.07) is 0.746. The Bertz CT molecular complexity index is 199. The van der Waals surface area contributed by atoms with E-state index in [4.69, 9.17) is 4.74 Å². The Balaban J connectivity index is 1.83. The summed E-state index contributed by atoms with van der Waals surface area (Å²) in [4.78, 5) is 0. The van der Waals surface area contributed by atoms with Crippen LogP contribution in [0.2, 0.25) is 0 Å². The Labute approximate surface area is 93.8 Å². The van der Waals surface area contributed by atoms with Crippen LogP contribution in [0.3, 0.4) is 0 Å². The van der Waals surface area contributed by atoms with E-state index in [2.05, 4.69) is 19.2 Å². The van der Waals surface area contributed by atoms with E-state index in [9.17, 15) is 0 Å². The van der Waals surface area contributed by atoms with E-state index in [1.165, 1.54) is 38.5 Å². The molecule has 0 amide bonds. The molecule has 2 nitrogen and oxygen atoms in total. The van der Waals surface area contributed by atoms with Crippen molar-refractivity contribution < 1.29 is 4.74 Å². The topological polar surface area (TPSA) is 21.3 Å². The first kappa shape index (κ1) is 11.4. The molecule has 2 heteroatoms. The molecule has 0 bridgehead atoms. The van der Waals surface area contributed by atoms with Gasteiger partial charge in [0, 0.05) is 18.2 Å². The Morgan fingerprint density at radius 2 is 2.27 bits per heavy atom. The van der Waals surface area contributed by atoms with Gasteiger partial charge in [-0.05, 0) is 32.1 Å². The fraction of sp³-hybridized carbons (Fsp3) is 1.00. The van der Waals surface area contributed by atoms with Crippen molar-refractivity contribution in [1.29, 1.82) is 0 Å². The molecular formula is C13H25NO. The minimum Gasteiger partial charge on any atom is -0.379 e. The summed E-state index contributed by atoms with van der Waals surface area (Å²) in [5.41, 5.74) is 0.264. The van der Waals surface area contributed by atoms with Crippen LogP contribution in [0, 0.1) is 5.92 Å². The van der Waals surface area contributed by atoms with Crippen molar-refractivity contribution in [1.82, 2.24) is 5.32 Å². The Kier molecular flexibility index (Phi) is 3.68. The molecule has 2 fully saturated rings. The molecule has 0 spiro atoms. The zero-order valence-electron chi connectivity index (χ0n) is 10.2. The molecule has 1 N–H and O–H groups in total. The maximum atomic E-state index is 5.49. The molecule has 1 aliphatic heterocycles. The molecular weight excluding hydrogens is 186 g/mol. The van der Waals surface area contributed by atoms with Gasteiger partial charge < -0.3 is 10.1 Å². The quantitative estimate of drug-likeness (QED) is 0.775. The number of rotatable bonds is 3. The van der Waals surface area contributed by atoms with Crippen molar-refractivity contribution in [3.05, 3.63) is 0 Å². The van der Waals surface area contributed by atoms with Crippen molar-refractivity contribution in [2.45, 2.75) is 64.0 Å². The fourth-order valence-electron chi connectivity index (χ4n) is 3.07. The van der Waals surface area contributed by atoms with E-state index in [0.717, 1.165) is 25.2 Å². The predicted octanol–water partition coefficient (Wildman–Crippen LogP) is 2.72. The van der Waals surface area contributed by atoms with Crippen LogP contribution in [0.4, 0.5) is 0 Å². The van der Waals surface area contributed by atoms with Gasteiger partial charge in [-0.15, -0.1) is 0 Å². The largest absolute Gasteiger partial charge is 0.379 e. The van der Waals surface area contributed by atoms with Crippen molar-refractivity contribution in [2.24, 2.45) is 5.92 Å². The highest BCUT2D eigenvalue weighted by Crippen LogP contribution is 2.29. The van der Waals surface area contributed by atoms with Gasteiger partial charge in [-0.2, -0.15) is 0 Å². The molecule has 88 valence electrons. The number of hydrogen-bond donors (Lipinski definition) is 1. The third-order valence-electron chi connectivity index (χ3n) is 4.13. The minimum absolute atomic E-state index is 0.264. The predicted molar refractivity (Wildman–Crippen MR) is 63.0 cm³/mol. The number of ether oxygens (including phenoxy) is 1. The van der Waals surface area contributed by atoms with Crippen molar-refractivity contribution in [3.8, 4) is 0 Å². The highest BCUT2D eigenvalue weighted by molar-refractivity contribution is 4.91. The highest BCUT2D eigenvalue weighted by Gasteiger charge is 2.33. The lowest BCUT2D eigenvalue weighted by atomic mass is 9.83. The summed E-state index contributed by atoms with van der Waals surface area (Å²) in [5.74, 6) is 0.960. The van der Waals surface area contributed by atoms with Crippen LogP contribution in [0.5, 0.6) is 0 Å². The molecule has 1 saturated carbocycles. The summed E-state index contributed by atoms with van der Waals surface area (Å²) in [5, 5.41) is 3.83. The molecule has 15 heavy (non-hydrogen) atoms. The first-order chi connectivity index (χ1) is 7.22. The van der Waals surface area contributed by atoms with Crippen molar-refractivity contribution >= 4 is 0 Å². The standard InChI is InChI=1S/C13H25NO/c1-3-11-5-4-6-12(9-11)14-13(2)7-8-15-10-13/h11-12,14H,3-10H2,1-2H3. The summed E-state index contributed by atoms with van der Waals surface area (Å²) < 4.78 is 5.49. The first-order valence-corrected chi connectivity index (χ1v) is 6.57. The van der Waals surface area contributed by atoms with Gasteiger partial charge in [0.25, 0.3) is 0 Å². The molecule has 2 aliphatic rings. The van der Waals surface area contributed by atoms with Crippen molar-refractivity contribution in [2.75, 3.05) is 13.2 Å². The first-order valence-electron chi connectivity index (χ1n) is 6.57. The normalized spacial score (nSPS) is 42.0. The second-order valence-electron chi connectivity index (χ2n) is 5.65. The molecule has 3 unspecified atom stereocenters. The van der Waals surface area contributed by atoms with Crippen LogP contribution >= 0.6 is 0 Å². The van der Waals surface area contributed by atoms with E-state index in [-0.39, 0.29) is 5.54 Å². The summed E-state index contributed by atoms with van der Waals surface area (Å²) in [6.45, 7) is 6.48. The summed E-state index contributed by atoms with van der Waals surface area (Å²) >= 11 is 0. The van der Waals surface area contributed by atoms with Gasteiger partial charge in [-0.1, -0.05) is 26.2 Å². The third-order valence-corrected chi connectivity index (χ3v) is 4.13. The Hall–Kier alpha value is -0.0800. The van der Waals surface area contributed by atoms with Gasteiger partial charge in [-0.25, -0.2) is 0 Å². The van der Waals surface area contributed by atoms with Gasteiger partial charge in [-0.3, -0.25) is 0 Å². The number of hydrogen-bond acceptors (Lipinski definition) is 2. The number of nitrogens with one attached hydrogen (secondary N) is 1. The monoisotopic (exact) mass is 211 g/mol. The molecule has 0 radical (unpaired) electrons. The van der Waals surface area contributed by atoms with Crippen LogP contribution in [-0.4, -0.2) is 24.8 Å². The maximum Gasteiger partial charge on any atom is 0.0646 e. The Morgan fingerprint density at radius 1 is 1.40 bits per heavy atom. The lowest BCUT2D eigenvalue weighted by molar-refractivity contribution is 0.156. The van der Waals surface area contributed by atoms with E-state index < -0.39 is 0 Å². The average Bonchev–Trinajstić information content (AvgIpc) is 2.65. The van der Waals surface area contributed by atoms with Crippen LogP contribution < -0.4 is 5.32 Å². The molecule has 1 aliphatic carbocycles. The maximum absolute atomic E-state index is 5.49. The molecule has 1 heterocycles. The zero-order chi connectivity index (χ0) is 10.7. The fourth-order valence-corrected chi connectivity index (χ4v) is 3.07. The second kappa shape index (κ2) is 4.84. The second-order valence-corrected chi connectivity index (χ2v) is 5.65. The van der Waals surface area contributed by atoms with Crippen molar-refractivity contribution in [3.63, 3.8) is 0 Å². The minimum atomic E-state index is 0.264.